The molecule has 1 aromatic carbocycles. The predicted octanol–water partition coefficient (Wildman–Crippen LogP) is 1.38. The van der Waals surface area contributed by atoms with Crippen molar-refractivity contribution in [1.82, 2.24) is 9.80 Å². The van der Waals surface area contributed by atoms with Gasteiger partial charge in [-0.2, -0.15) is 0 Å². The fourth-order valence-corrected chi connectivity index (χ4v) is 2.76. The zero-order chi connectivity index (χ0) is 15.6. The Labute approximate surface area is 123 Å². The van der Waals surface area contributed by atoms with Gasteiger partial charge in [0.2, 0.25) is 0 Å². The van der Waals surface area contributed by atoms with Gasteiger partial charge >= 0.3 is 0 Å². The van der Waals surface area contributed by atoms with Crippen LogP contribution in [-0.2, 0) is 11.3 Å². The minimum Gasteiger partial charge on any atom is -0.379 e. The smallest absolute Gasteiger partial charge is 0.256 e. The standard InChI is InChI=1S/C15H20F2N2O2/c1-18(2)10-15(21)7-4-8-19(14(15)20)9-11-5-3-6-12(16)13(11)17/h3,5-6,21H,4,7-10H2,1-2H3/t15-/m0/s1. The van der Waals surface area contributed by atoms with E-state index < -0.39 is 23.1 Å². The fourth-order valence-electron chi connectivity index (χ4n) is 2.76. The van der Waals surface area contributed by atoms with Gasteiger partial charge in [0.1, 0.15) is 0 Å². The van der Waals surface area contributed by atoms with Crippen LogP contribution in [0.15, 0.2) is 18.2 Å². The molecule has 1 aromatic rings. The lowest BCUT2D eigenvalue weighted by Gasteiger charge is -2.39. The van der Waals surface area contributed by atoms with E-state index in [1.807, 2.05) is 0 Å². The van der Waals surface area contributed by atoms with Gasteiger partial charge in [0, 0.05) is 25.2 Å². The van der Waals surface area contributed by atoms with Crippen LogP contribution in [0.2, 0.25) is 0 Å². The monoisotopic (exact) mass is 298 g/mol. The molecule has 6 heteroatoms. The number of carbonyl (C=O) groups excluding carboxylic acids is 1. The normalized spacial score (nSPS) is 23.0. The molecule has 0 saturated carbocycles. The Morgan fingerprint density at radius 1 is 1.38 bits per heavy atom. The minimum atomic E-state index is -1.45. The molecule has 0 aliphatic carbocycles. The second-order valence-electron chi connectivity index (χ2n) is 5.81. The quantitative estimate of drug-likeness (QED) is 0.913. The third-order valence-electron chi connectivity index (χ3n) is 3.67. The van der Waals surface area contributed by atoms with Crippen LogP contribution in [-0.4, -0.2) is 53.6 Å². The van der Waals surface area contributed by atoms with Crippen molar-refractivity contribution in [2.45, 2.75) is 25.0 Å². The van der Waals surface area contributed by atoms with E-state index in [9.17, 15) is 18.7 Å². The molecule has 0 aromatic heterocycles. The van der Waals surface area contributed by atoms with Crippen LogP contribution in [0.4, 0.5) is 8.78 Å². The predicted molar refractivity (Wildman–Crippen MR) is 74.5 cm³/mol. The highest BCUT2D eigenvalue weighted by Crippen LogP contribution is 2.25. The van der Waals surface area contributed by atoms with Crippen molar-refractivity contribution < 1.29 is 18.7 Å². The van der Waals surface area contributed by atoms with E-state index in [-0.39, 0.29) is 18.7 Å². The van der Waals surface area contributed by atoms with Crippen LogP contribution in [0.3, 0.4) is 0 Å². The number of likely N-dealkylation sites (tertiary alicyclic amines) is 1. The number of carbonyl (C=O) groups is 1. The molecule has 1 aliphatic rings. The lowest BCUT2D eigenvalue weighted by atomic mass is 9.91. The Morgan fingerprint density at radius 2 is 2.10 bits per heavy atom. The van der Waals surface area contributed by atoms with Crippen molar-refractivity contribution in [3.63, 3.8) is 0 Å². The number of hydrogen-bond donors (Lipinski definition) is 1. The summed E-state index contributed by atoms with van der Waals surface area (Å²) in [5.74, 6) is -2.29. The zero-order valence-electron chi connectivity index (χ0n) is 12.3. The third kappa shape index (κ3) is 3.39. The first-order chi connectivity index (χ1) is 9.83. The molecule has 0 spiro atoms. The highest BCUT2D eigenvalue weighted by atomic mass is 19.2. The van der Waals surface area contributed by atoms with Gasteiger partial charge in [0.25, 0.3) is 5.91 Å². The molecule has 21 heavy (non-hydrogen) atoms. The zero-order valence-corrected chi connectivity index (χ0v) is 12.3. The first-order valence-corrected chi connectivity index (χ1v) is 6.93. The van der Waals surface area contributed by atoms with Gasteiger partial charge in [-0.1, -0.05) is 12.1 Å². The molecular formula is C15H20F2N2O2. The number of nitrogens with zero attached hydrogens (tertiary/aromatic N) is 2. The number of piperidine rings is 1. The summed E-state index contributed by atoms with van der Waals surface area (Å²) in [5, 5.41) is 10.5. The maximum absolute atomic E-state index is 13.7. The summed E-state index contributed by atoms with van der Waals surface area (Å²) in [5.41, 5.74) is -1.33. The molecule has 1 aliphatic heterocycles. The van der Waals surface area contributed by atoms with Crippen molar-refractivity contribution in [1.29, 1.82) is 0 Å². The van der Waals surface area contributed by atoms with E-state index in [0.29, 0.717) is 19.4 Å². The SMILES string of the molecule is CN(C)C[C@@]1(O)CCCN(Cc2cccc(F)c2F)C1=O. The average molecular weight is 298 g/mol. The first-order valence-electron chi connectivity index (χ1n) is 6.93. The summed E-state index contributed by atoms with van der Waals surface area (Å²) in [6.07, 6.45) is 1.01. The lowest BCUT2D eigenvalue weighted by Crippen LogP contribution is -2.57. The van der Waals surface area contributed by atoms with Gasteiger partial charge in [-0.15, -0.1) is 0 Å². The number of amides is 1. The van der Waals surface area contributed by atoms with Crippen molar-refractivity contribution in [2.75, 3.05) is 27.2 Å². The fraction of sp³-hybridized carbons (Fsp3) is 0.533. The second-order valence-corrected chi connectivity index (χ2v) is 5.81. The van der Waals surface area contributed by atoms with Crippen LogP contribution in [0.1, 0.15) is 18.4 Å². The van der Waals surface area contributed by atoms with E-state index >= 15 is 0 Å². The molecule has 0 bridgehead atoms. The van der Waals surface area contributed by atoms with Crippen LogP contribution >= 0.6 is 0 Å². The van der Waals surface area contributed by atoms with Crippen LogP contribution < -0.4 is 0 Å². The summed E-state index contributed by atoms with van der Waals surface area (Å²) < 4.78 is 26.9. The minimum absolute atomic E-state index is 0.0296. The van der Waals surface area contributed by atoms with Gasteiger partial charge in [-0.3, -0.25) is 4.79 Å². The van der Waals surface area contributed by atoms with Crippen LogP contribution in [0, 0.1) is 11.6 Å². The Kier molecular flexibility index (Phi) is 4.58. The highest BCUT2D eigenvalue weighted by molar-refractivity contribution is 5.86. The molecule has 0 unspecified atom stereocenters. The van der Waals surface area contributed by atoms with Crippen LogP contribution in [0.5, 0.6) is 0 Å². The Bertz CT molecular complexity index is 536. The molecule has 0 radical (unpaired) electrons. The van der Waals surface area contributed by atoms with E-state index in [0.717, 1.165) is 6.07 Å². The number of benzene rings is 1. The molecule has 116 valence electrons. The van der Waals surface area contributed by atoms with E-state index in [4.69, 9.17) is 0 Å². The van der Waals surface area contributed by atoms with Crippen molar-refractivity contribution in [2.24, 2.45) is 0 Å². The van der Waals surface area contributed by atoms with Gasteiger partial charge in [0.05, 0.1) is 0 Å². The third-order valence-corrected chi connectivity index (χ3v) is 3.67. The number of rotatable bonds is 4. The Morgan fingerprint density at radius 3 is 2.76 bits per heavy atom. The molecule has 1 N–H and O–H groups in total. The summed E-state index contributed by atoms with van der Waals surface area (Å²) >= 11 is 0. The number of aliphatic hydroxyl groups is 1. The molecule has 4 nitrogen and oxygen atoms in total. The molecule has 1 fully saturated rings. The molecule has 2 rings (SSSR count). The van der Waals surface area contributed by atoms with Gasteiger partial charge in [-0.25, -0.2) is 8.78 Å². The number of hydrogen-bond acceptors (Lipinski definition) is 3. The van der Waals surface area contributed by atoms with Crippen molar-refractivity contribution >= 4 is 5.91 Å². The van der Waals surface area contributed by atoms with Gasteiger partial charge in [-0.05, 0) is 33.0 Å². The highest BCUT2D eigenvalue weighted by Gasteiger charge is 2.42. The molecule has 1 amide bonds. The number of likely N-dealkylation sites (N-methyl/N-ethyl adjacent to an activating group) is 1. The second kappa shape index (κ2) is 6.07. The van der Waals surface area contributed by atoms with Crippen molar-refractivity contribution in [3.05, 3.63) is 35.4 Å². The lowest BCUT2D eigenvalue weighted by molar-refractivity contribution is -0.159. The molecule has 1 saturated heterocycles. The summed E-state index contributed by atoms with van der Waals surface area (Å²) in [6, 6.07) is 3.90. The maximum atomic E-state index is 13.7. The van der Waals surface area contributed by atoms with Gasteiger partial charge < -0.3 is 14.9 Å². The molecule has 1 heterocycles. The van der Waals surface area contributed by atoms with E-state index in [1.165, 1.54) is 17.0 Å². The Hall–Kier alpha value is -1.53. The largest absolute Gasteiger partial charge is 0.379 e. The van der Waals surface area contributed by atoms with E-state index in [1.54, 1.807) is 19.0 Å². The summed E-state index contributed by atoms with van der Waals surface area (Å²) in [7, 11) is 3.55. The maximum Gasteiger partial charge on any atom is 0.256 e. The van der Waals surface area contributed by atoms with Gasteiger partial charge in [0.15, 0.2) is 17.2 Å². The van der Waals surface area contributed by atoms with Crippen molar-refractivity contribution in [3.8, 4) is 0 Å². The Balaban J connectivity index is 2.17. The average Bonchev–Trinajstić information content (AvgIpc) is 2.39. The molecular weight excluding hydrogens is 278 g/mol. The van der Waals surface area contributed by atoms with Crippen LogP contribution in [0.25, 0.3) is 0 Å². The van der Waals surface area contributed by atoms with E-state index in [2.05, 4.69) is 0 Å². The first kappa shape index (κ1) is 15.9. The number of halogens is 2. The summed E-state index contributed by atoms with van der Waals surface area (Å²) in [4.78, 5) is 15.6. The molecule has 1 atom stereocenters. The summed E-state index contributed by atoms with van der Waals surface area (Å²) in [6.45, 7) is 0.622. The topological polar surface area (TPSA) is 43.8 Å².